The average Bonchev–Trinajstić information content (AvgIpc) is 2.92. The summed E-state index contributed by atoms with van der Waals surface area (Å²) in [6.07, 6.45) is 5.19. The van der Waals surface area contributed by atoms with E-state index in [1.54, 1.807) is 0 Å². The van der Waals surface area contributed by atoms with Gasteiger partial charge in [-0.1, -0.05) is 6.42 Å². The van der Waals surface area contributed by atoms with E-state index in [9.17, 15) is 8.78 Å². The summed E-state index contributed by atoms with van der Waals surface area (Å²) in [6, 6.07) is 4.16. The third kappa shape index (κ3) is 2.21. The van der Waals surface area contributed by atoms with E-state index in [0.717, 1.165) is 17.9 Å². The maximum Gasteiger partial charge on any atom is 0.127 e. The van der Waals surface area contributed by atoms with Crippen LogP contribution in [0.4, 0.5) is 8.78 Å². The minimum Gasteiger partial charge on any atom is -0.310 e. The van der Waals surface area contributed by atoms with E-state index < -0.39 is 0 Å². The highest BCUT2D eigenvalue weighted by molar-refractivity contribution is 5.18. The number of benzene rings is 1. The van der Waals surface area contributed by atoms with E-state index in [0.29, 0.717) is 18.2 Å². The standard InChI is InChI=1S/C14H17F2N/c15-12-3-4-13(16)11(7-12)8-17-14-6-9-1-2-10(14)5-9/h3-4,7,9-10,14,17H,1-2,5-6,8H2. The molecule has 1 aromatic carbocycles. The molecule has 3 heteroatoms. The maximum atomic E-state index is 13.4. The van der Waals surface area contributed by atoms with Crippen LogP contribution in [-0.2, 0) is 6.54 Å². The van der Waals surface area contributed by atoms with Crippen molar-refractivity contribution in [3.63, 3.8) is 0 Å². The Morgan fingerprint density at radius 3 is 2.76 bits per heavy atom. The minimum absolute atomic E-state index is 0.318. The molecule has 0 spiro atoms. The van der Waals surface area contributed by atoms with Crippen LogP contribution in [0.1, 0.15) is 31.2 Å². The van der Waals surface area contributed by atoms with E-state index >= 15 is 0 Å². The molecule has 2 aliphatic rings. The van der Waals surface area contributed by atoms with Gasteiger partial charge in [0.25, 0.3) is 0 Å². The summed E-state index contributed by atoms with van der Waals surface area (Å²) in [5, 5.41) is 3.39. The molecule has 0 saturated heterocycles. The van der Waals surface area contributed by atoms with Crippen LogP contribution in [0.5, 0.6) is 0 Å². The summed E-state index contributed by atoms with van der Waals surface area (Å²) in [5.41, 5.74) is 0.438. The number of nitrogens with one attached hydrogen (secondary N) is 1. The molecule has 2 saturated carbocycles. The molecule has 0 radical (unpaired) electrons. The summed E-state index contributed by atoms with van der Waals surface area (Å²) in [4.78, 5) is 0. The number of hydrogen-bond acceptors (Lipinski definition) is 1. The fraction of sp³-hybridized carbons (Fsp3) is 0.571. The van der Waals surface area contributed by atoms with Crippen molar-refractivity contribution in [2.75, 3.05) is 0 Å². The van der Waals surface area contributed by atoms with Crippen molar-refractivity contribution >= 4 is 0 Å². The molecule has 0 heterocycles. The molecule has 1 aromatic rings. The number of rotatable bonds is 3. The molecular formula is C14H17F2N. The fourth-order valence-corrected chi connectivity index (χ4v) is 3.41. The van der Waals surface area contributed by atoms with E-state index in [1.165, 1.54) is 37.8 Å². The lowest BCUT2D eigenvalue weighted by Crippen LogP contribution is -2.33. The van der Waals surface area contributed by atoms with Gasteiger partial charge in [-0.2, -0.15) is 0 Å². The Balaban J connectivity index is 1.62. The molecule has 2 fully saturated rings. The van der Waals surface area contributed by atoms with Gasteiger partial charge in [0.2, 0.25) is 0 Å². The zero-order valence-corrected chi connectivity index (χ0v) is 9.76. The fourth-order valence-electron chi connectivity index (χ4n) is 3.41. The van der Waals surface area contributed by atoms with Crippen molar-refractivity contribution in [2.24, 2.45) is 11.8 Å². The van der Waals surface area contributed by atoms with E-state index in [1.807, 2.05) is 0 Å². The Morgan fingerprint density at radius 2 is 2.06 bits per heavy atom. The van der Waals surface area contributed by atoms with Crippen LogP contribution in [-0.4, -0.2) is 6.04 Å². The van der Waals surface area contributed by atoms with Crippen LogP contribution in [0.3, 0.4) is 0 Å². The van der Waals surface area contributed by atoms with Gasteiger partial charge in [0.05, 0.1) is 0 Å². The highest BCUT2D eigenvalue weighted by atomic mass is 19.1. The van der Waals surface area contributed by atoms with Gasteiger partial charge in [-0.25, -0.2) is 8.78 Å². The van der Waals surface area contributed by atoms with Crippen LogP contribution in [0, 0.1) is 23.5 Å². The quantitative estimate of drug-likeness (QED) is 0.851. The monoisotopic (exact) mass is 237 g/mol. The number of hydrogen-bond donors (Lipinski definition) is 1. The van der Waals surface area contributed by atoms with Crippen molar-refractivity contribution in [2.45, 2.75) is 38.3 Å². The summed E-state index contributed by atoms with van der Waals surface area (Å²) < 4.78 is 26.4. The predicted octanol–water partition coefficient (Wildman–Crippen LogP) is 3.24. The first kappa shape index (κ1) is 11.1. The molecule has 3 atom stereocenters. The Kier molecular flexibility index (Phi) is 2.87. The molecule has 92 valence electrons. The highest BCUT2D eigenvalue weighted by Gasteiger charge is 2.38. The van der Waals surface area contributed by atoms with Crippen LogP contribution in [0.15, 0.2) is 18.2 Å². The van der Waals surface area contributed by atoms with Gasteiger partial charge < -0.3 is 5.32 Å². The zero-order valence-electron chi connectivity index (χ0n) is 9.76. The van der Waals surface area contributed by atoms with Gasteiger partial charge in [0.15, 0.2) is 0 Å². The van der Waals surface area contributed by atoms with Gasteiger partial charge in [0.1, 0.15) is 11.6 Å². The molecule has 2 aliphatic carbocycles. The molecular weight excluding hydrogens is 220 g/mol. The van der Waals surface area contributed by atoms with Crippen molar-refractivity contribution in [3.8, 4) is 0 Å². The molecule has 0 aliphatic heterocycles. The lowest BCUT2D eigenvalue weighted by molar-refractivity contribution is 0.348. The second-order valence-electron chi connectivity index (χ2n) is 5.40. The molecule has 0 aromatic heterocycles. The van der Waals surface area contributed by atoms with Gasteiger partial charge in [-0.3, -0.25) is 0 Å². The Labute approximate surface area is 100 Å². The third-order valence-corrected chi connectivity index (χ3v) is 4.30. The SMILES string of the molecule is Fc1ccc(F)c(CNC2CC3CCC2C3)c1. The number of halogens is 2. The van der Waals surface area contributed by atoms with Crippen LogP contribution in [0.25, 0.3) is 0 Å². The van der Waals surface area contributed by atoms with Crippen LogP contribution in [0.2, 0.25) is 0 Å². The lowest BCUT2D eigenvalue weighted by atomic mass is 9.95. The Hall–Kier alpha value is -0.960. The Bertz CT molecular complexity index is 419. The molecule has 3 unspecified atom stereocenters. The summed E-state index contributed by atoms with van der Waals surface area (Å²) >= 11 is 0. The van der Waals surface area contributed by atoms with Crippen LogP contribution >= 0.6 is 0 Å². The van der Waals surface area contributed by atoms with E-state index in [4.69, 9.17) is 0 Å². The van der Waals surface area contributed by atoms with Crippen LogP contribution < -0.4 is 5.32 Å². The second-order valence-corrected chi connectivity index (χ2v) is 5.40. The molecule has 2 bridgehead atoms. The molecule has 0 amide bonds. The second kappa shape index (κ2) is 4.37. The van der Waals surface area contributed by atoms with Gasteiger partial charge in [-0.15, -0.1) is 0 Å². The third-order valence-electron chi connectivity index (χ3n) is 4.30. The molecule has 17 heavy (non-hydrogen) atoms. The summed E-state index contributed by atoms with van der Waals surface area (Å²) in [5.74, 6) is 0.949. The van der Waals surface area contributed by atoms with Gasteiger partial charge >= 0.3 is 0 Å². The van der Waals surface area contributed by atoms with Crippen molar-refractivity contribution in [3.05, 3.63) is 35.4 Å². The van der Waals surface area contributed by atoms with Gasteiger partial charge in [0, 0.05) is 18.2 Å². The zero-order chi connectivity index (χ0) is 11.8. The van der Waals surface area contributed by atoms with E-state index in [-0.39, 0.29) is 11.6 Å². The van der Waals surface area contributed by atoms with E-state index in [2.05, 4.69) is 5.32 Å². The molecule has 1 nitrogen and oxygen atoms in total. The first-order chi connectivity index (χ1) is 8.22. The first-order valence-corrected chi connectivity index (χ1v) is 6.39. The first-order valence-electron chi connectivity index (χ1n) is 6.39. The largest absolute Gasteiger partial charge is 0.310 e. The average molecular weight is 237 g/mol. The maximum absolute atomic E-state index is 13.4. The topological polar surface area (TPSA) is 12.0 Å². The number of fused-ring (bicyclic) bond motifs is 2. The normalized spacial score (nSPS) is 31.1. The molecule has 1 N–H and O–H groups in total. The van der Waals surface area contributed by atoms with Crippen molar-refractivity contribution in [1.29, 1.82) is 0 Å². The summed E-state index contributed by atoms with van der Waals surface area (Å²) in [7, 11) is 0. The lowest BCUT2D eigenvalue weighted by Gasteiger charge is -2.23. The highest BCUT2D eigenvalue weighted by Crippen LogP contribution is 2.44. The van der Waals surface area contributed by atoms with Gasteiger partial charge in [-0.05, 0) is 49.3 Å². The van der Waals surface area contributed by atoms with Crippen molar-refractivity contribution in [1.82, 2.24) is 5.32 Å². The smallest absolute Gasteiger partial charge is 0.127 e. The molecule has 3 rings (SSSR count). The summed E-state index contributed by atoms with van der Waals surface area (Å²) in [6.45, 7) is 0.442. The van der Waals surface area contributed by atoms with Crippen molar-refractivity contribution < 1.29 is 8.78 Å². The Morgan fingerprint density at radius 1 is 1.18 bits per heavy atom. The minimum atomic E-state index is -0.365. The predicted molar refractivity (Wildman–Crippen MR) is 62.4 cm³/mol.